The summed E-state index contributed by atoms with van der Waals surface area (Å²) in [6.45, 7) is 0. The lowest BCUT2D eigenvalue weighted by atomic mass is 10.0. The SMILES string of the molecule is COc1cccc(Cl)c1C(O)c1cncc(F)c1. The quantitative estimate of drug-likeness (QED) is 0.930. The second kappa shape index (κ2) is 5.33. The number of methoxy groups -OCH3 is 1. The van der Waals surface area contributed by atoms with Crippen molar-refractivity contribution >= 4 is 11.6 Å². The van der Waals surface area contributed by atoms with E-state index in [-0.39, 0.29) is 0 Å². The Morgan fingerprint density at radius 3 is 2.83 bits per heavy atom. The fourth-order valence-electron chi connectivity index (χ4n) is 1.71. The lowest BCUT2D eigenvalue weighted by Gasteiger charge is -2.16. The van der Waals surface area contributed by atoms with Crippen molar-refractivity contribution in [1.29, 1.82) is 0 Å². The standard InChI is InChI=1S/C13H11ClFNO2/c1-18-11-4-2-3-10(14)12(11)13(17)8-5-9(15)7-16-6-8/h2-7,13,17H,1H3. The van der Waals surface area contributed by atoms with Gasteiger partial charge < -0.3 is 9.84 Å². The Morgan fingerprint density at radius 1 is 1.39 bits per heavy atom. The molecule has 2 rings (SSSR count). The van der Waals surface area contributed by atoms with Gasteiger partial charge in [-0.15, -0.1) is 0 Å². The van der Waals surface area contributed by atoms with E-state index < -0.39 is 11.9 Å². The molecule has 0 radical (unpaired) electrons. The molecule has 18 heavy (non-hydrogen) atoms. The van der Waals surface area contributed by atoms with Gasteiger partial charge in [0.25, 0.3) is 0 Å². The van der Waals surface area contributed by atoms with E-state index in [2.05, 4.69) is 4.98 Å². The highest BCUT2D eigenvalue weighted by Crippen LogP contribution is 2.35. The highest BCUT2D eigenvalue weighted by molar-refractivity contribution is 6.31. The van der Waals surface area contributed by atoms with Gasteiger partial charge in [0.1, 0.15) is 17.7 Å². The number of ether oxygens (including phenoxy) is 1. The highest BCUT2D eigenvalue weighted by atomic mass is 35.5. The van der Waals surface area contributed by atoms with Crippen molar-refractivity contribution in [3.63, 3.8) is 0 Å². The van der Waals surface area contributed by atoms with E-state index >= 15 is 0 Å². The van der Waals surface area contributed by atoms with Crippen LogP contribution in [-0.2, 0) is 0 Å². The van der Waals surface area contributed by atoms with E-state index in [9.17, 15) is 9.50 Å². The highest BCUT2D eigenvalue weighted by Gasteiger charge is 2.19. The third-order valence-corrected chi connectivity index (χ3v) is 2.88. The van der Waals surface area contributed by atoms with Crippen molar-refractivity contribution in [1.82, 2.24) is 4.98 Å². The largest absolute Gasteiger partial charge is 0.496 e. The minimum Gasteiger partial charge on any atom is -0.496 e. The summed E-state index contributed by atoms with van der Waals surface area (Å²) in [5.41, 5.74) is 0.718. The third kappa shape index (κ3) is 2.44. The van der Waals surface area contributed by atoms with E-state index in [1.807, 2.05) is 0 Å². The van der Waals surface area contributed by atoms with E-state index in [1.54, 1.807) is 18.2 Å². The van der Waals surface area contributed by atoms with E-state index in [0.29, 0.717) is 21.9 Å². The lowest BCUT2D eigenvalue weighted by molar-refractivity contribution is 0.214. The number of aliphatic hydroxyl groups excluding tert-OH is 1. The summed E-state index contributed by atoms with van der Waals surface area (Å²) < 4.78 is 18.2. The minimum atomic E-state index is -1.09. The van der Waals surface area contributed by atoms with Crippen LogP contribution in [0.15, 0.2) is 36.7 Å². The molecule has 1 unspecified atom stereocenters. The van der Waals surface area contributed by atoms with Crippen LogP contribution in [-0.4, -0.2) is 17.2 Å². The predicted octanol–water partition coefficient (Wildman–Crippen LogP) is 2.96. The number of pyridine rings is 1. The maximum Gasteiger partial charge on any atom is 0.141 e. The summed E-state index contributed by atoms with van der Waals surface area (Å²) >= 11 is 6.04. The fourth-order valence-corrected chi connectivity index (χ4v) is 1.97. The van der Waals surface area contributed by atoms with Crippen LogP contribution in [0.5, 0.6) is 5.75 Å². The third-order valence-electron chi connectivity index (χ3n) is 2.55. The van der Waals surface area contributed by atoms with Crippen LogP contribution in [0.1, 0.15) is 17.2 Å². The summed E-state index contributed by atoms with van der Waals surface area (Å²) in [6, 6.07) is 6.23. The first-order chi connectivity index (χ1) is 8.63. The fraction of sp³-hybridized carbons (Fsp3) is 0.154. The van der Waals surface area contributed by atoms with Gasteiger partial charge in [-0.3, -0.25) is 4.98 Å². The average molecular weight is 268 g/mol. The van der Waals surface area contributed by atoms with Crippen molar-refractivity contribution in [2.75, 3.05) is 7.11 Å². The molecule has 0 aliphatic heterocycles. The van der Waals surface area contributed by atoms with Gasteiger partial charge in [-0.2, -0.15) is 0 Å². The number of rotatable bonds is 3. The van der Waals surface area contributed by atoms with Crippen molar-refractivity contribution in [3.8, 4) is 5.75 Å². The second-order valence-electron chi connectivity index (χ2n) is 3.69. The molecule has 1 atom stereocenters. The molecule has 0 amide bonds. The summed E-state index contributed by atoms with van der Waals surface area (Å²) in [5.74, 6) is -0.0724. The van der Waals surface area contributed by atoms with Gasteiger partial charge >= 0.3 is 0 Å². The van der Waals surface area contributed by atoms with Crippen LogP contribution < -0.4 is 4.74 Å². The number of hydrogen-bond donors (Lipinski definition) is 1. The number of hydrogen-bond acceptors (Lipinski definition) is 3. The molecule has 0 spiro atoms. The maximum absolute atomic E-state index is 13.1. The van der Waals surface area contributed by atoms with Crippen LogP contribution in [0.3, 0.4) is 0 Å². The van der Waals surface area contributed by atoms with Crippen molar-refractivity contribution in [2.24, 2.45) is 0 Å². The van der Waals surface area contributed by atoms with Gasteiger partial charge in [-0.05, 0) is 18.2 Å². The number of nitrogens with zero attached hydrogens (tertiary/aromatic N) is 1. The van der Waals surface area contributed by atoms with E-state index in [1.165, 1.54) is 19.4 Å². The normalized spacial score (nSPS) is 12.2. The van der Waals surface area contributed by atoms with Crippen LogP contribution in [0, 0.1) is 5.82 Å². The zero-order valence-corrected chi connectivity index (χ0v) is 10.4. The molecule has 1 aromatic heterocycles. The number of aromatic nitrogens is 1. The molecule has 0 aliphatic rings. The smallest absolute Gasteiger partial charge is 0.141 e. The first-order valence-corrected chi connectivity index (χ1v) is 5.62. The zero-order chi connectivity index (χ0) is 13.1. The molecule has 0 fully saturated rings. The topological polar surface area (TPSA) is 42.4 Å². The summed E-state index contributed by atoms with van der Waals surface area (Å²) in [6.07, 6.45) is 1.37. The van der Waals surface area contributed by atoms with Crippen molar-refractivity contribution < 1.29 is 14.2 Å². The molecule has 0 bridgehead atoms. The molecule has 0 saturated heterocycles. The lowest BCUT2D eigenvalue weighted by Crippen LogP contribution is -2.04. The molecule has 2 aromatic rings. The Bertz CT molecular complexity index is 562. The van der Waals surface area contributed by atoms with Gasteiger partial charge in [0.2, 0.25) is 0 Å². The summed E-state index contributed by atoms with van der Waals surface area (Å²) in [7, 11) is 1.48. The van der Waals surface area contributed by atoms with Gasteiger partial charge in [0.15, 0.2) is 0 Å². The van der Waals surface area contributed by atoms with E-state index in [0.717, 1.165) is 6.20 Å². The molecular formula is C13H11ClFNO2. The minimum absolute atomic E-state index is 0.321. The number of halogens is 2. The van der Waals surface area contributed by atoms with E-state index in [4.69, 9.17) is 16.3 Å². The van der Waals surface area contributed by atoms with Gasteiger partial charge in [-0.1, -0.05) is 17.7 Å². The first kappa shape index (κ1) is 12.8. The Balaban J connectivity index is 2.48. The zero-order valence-electron chi connectivity index (χ0n) is 9.60. The Morgan fingerprint density at radius 2 is 2.17 bits per heavy atom. The van der Waals surface area contributed by atoms with Crippen LogP contribution in [0.25, 0.3) is 0 Å². The van der Waals surface area contributed by atoms with Crippen molar-refractivity contribution in [2.45, 2.75) is 6.10 Å². The second-order valence-corrected chi connectivity index (χ2v) is 4.10. The molecule has 1 heterocycles. The van der Waals surface area contributed by atoms with Gasteiger partial charge in [0, 0.05) is 17.3 Å². The summed E-state index contributed by atoms with van der Waals surface area (Å²) in [4.78, 5) is 3.70. The molecule has 94 valence electrons. The first-order valence-electron chi connectivity index (χ1n) is 5.24. The molecule has 1 N–H and O–H groups in total. The average Bonchev–Trinajstić information content (AvgIpc) is 2.37. The molecule has 5 heteroatoms. The maximum atomic E-state index is 13.1. The van der Waals surface area contributed by atoms with Crippen LogP contribution >= 0.6 is 11.6 Å². The Labute approximate surface area is 109 Å². The van der Waals surface area contributed by atoms with Crippen molar-refractivity contribution in [3.05, 3.63) is 58.6 Å². The number of benzene rings is 1. The Kier molecular flexibility index (Phi) is 3.79. The van der Waals surface area contributed by atoms with Crippen LogP contribution in [0.2, 0.25) is 5.02 Å². The molecule has 0 aliphatic carbocycles. The van der Waals surface area contributed by atoms with Gasteiger partial charge in [0.05, 0.1) is 18.3 Å². The van der Waals surface area contributed by atoms with Crippen LogP contribution in [0.4, 0.5) is 4.39 Å². The summed E-state index contributed by atoms with van der Waals surface area (Å²) in [5, 5.41) is 10.6. The molecular weight excluding hydrogens is 257 g/mol. The molecule has 1 aromatic carbocycles. The predicted molar refractivity (Wildman–Crippen MR) is 66.3 cm³/mol. The molecule has 0 saturated carbocycles. The monoisotopic (exact) mass is 267 g/mol. The van der Waals surface area contributed by atoms with Gasteiger partial charge in [-0.25, -0.2) is 4.39 Å². The number of aliphatic hydroxyl groups is 1. The Hall–Kier alpha value is -1.65. The molecule has 3 nitrogen and oxygen atoms in total.